The Balaban J connectivity index is 2.70. The first-order valence-corrected chi connectivity index (χ1v) is 10.2. The first-order chi connectivity index (χ1) is 14.1. The van der Waals surface area contributed by atoms with Gasteiger partial charge in [0.25, 0.3) is 0 Å². The Bertz CT molecular complexity index is 888. The van der Waals surface area contributed by atoms with Crippen LogP contribution >= 0.6 is 0 Å². The molecule has 1 aromatic heterocycles. The minimum atomic E-state index is -0.937. The summed E-state index contributed by atoms with van der Waals surface area (Å²) in [6, 6.07) is 7.73. The molecule has 2 rings (SSSR count). The minimum absolute atomic E-state index is 0.174. The van der Waals surface area contributed by atoms with Gasteiger partial charge in [0.05, 0.1) is 7.11 Å². The van der Waals surface area contributed by atoms with Gasteiger partial charge in [0, 0.05) is 30.4 Å². The molecule has 0 fully saturated rings. The van der Waals surface area contributed by atoms with Crippen LogP contribution < -0.4 is 10.1 Å². The number of rotatable bonds is 8. The van der Waals surface area contributed by atoms with E-state index in [1.165, 1.54) is 7.11 Å². The fourth-order valence-corrected chi connectivity index (χ4v) is 3.32. The van der Waals surface area contributed by atoms with E-state index in [4.69, 9.17) is 9.47 Å². The molecule has 0 radical (unpaired) electrons. The predicted octanol–water partition coefficient (Wildman–Crippen LogP) is 4.35. The number of aromatic nitrogens is 1. The Kier molecular flexibility index (Phi) is 7.98. The van der Waals surface area contributed by atoms with Crippen LogP contribution in [-0.2, 0) is 16.0 Å². The molecule has 30 heavy (non-hydrogen) atoms. The van der Waals surface area contributed by atoms with Crippen molar-refractivity contribution in [3.8, 4) is 5.88 Å². The van der Waals surface area contributed by atoms with Crippen LogP contribution in [0.4, 0.5) is 5.69 Å². The molecule has 0 spiro atoms. The molecule has 0 aliphatic rings. The third-order valence-corrected chi connectivity index (χ3v) is 5.03. The van der Waals surface area contributed by atoms with Gasteiger partial charge in [-0.15, -0.1) is 0 Å². The molecular formula is C24H34N2O4. The molecule has 2 aromatic rings. The van der Waals surface area contributed by atoms with Gasteiger partial charge in [-0.2, -0.15) is 0 Å². The van der Waals surface area contributed by atoms with Crippen LogP contribution in [0.2, 0.25) is 0 Å². The van der Waals surface area contributed by atoms with E-state index in [0.29, 0.717) is 30.2 Å². The van der Waals surface area contributed by atoms with E-state index >= 15 is 0 Å². The molecule has 1 aromatic carbocycles. The third-order valence-electron chi connectivity index (χ3n) is 5.03. The van der Waals surface area contributed by atoms with Crippen LogP contribution in [0.1, 0.15) is 61.2 Å². The third kappa shape index (κ3) is 5.58. The average Bonchev–Trinajstić information content (AvgIpc) is 2.68. The molecule has 1 unspecified atom stereocenters. The number of aliphatic hydroxyl groups excluding tert-OH is 1. The van der Waals surface area contributed by atoms with Gasteiger partial charge in [0.1, 0.15) is 11.8 Å². The number of nitrogens with one attached hydrogen (secondary N) is 1. The van der Waals surface area contributed by atoms with Crippen molar-refractivity contribution in [1.29, 1.82) is 0 Å². The summed E-state index contributed by atoms with van der Waals surface area (Å²) < 4.78 is 10.7. The zero-order chi connectivity index (χ0) is 22.5. The Labute approximate surface area is 179 Å². The number of benzene rings is 1. The number of amides is 1. The van der Waals surface area contributed by atoms with Crippen LogP contribution in [0.3, 0.4) is 0 Å². The summed E-state index contributed by atoms with van der Waals surface area (Å²) >= 11 is 0. The SMILES string of the molecule is COCCCc1c(C)nc(OC)c(NC(=O)C(C)(C)C)c1C(O)c1cccc(C)c1. The second kappa shape index (κ2) is 10.0. The summed E-state index contributed by atoms with van der Waals surface area (Å²) in [6.07, 6.45) is 0.493. The van der Waals surface area contributed by atoms with E-state index in [1.807, 2.05) is 58.9 Å². The first kappa shape index (κ1) is 23.8. The highest BCUT2D eigenvalue weighted by molar-refractivity contribution is 5.96. The number of nitrogens with zero attached hydrogens (tertiary/aromatic N) is 1. The number of methoxy groups -OCH3 is 2. The number of hydrogen-bond donors (Lipinski definition) is 2. The molecule has 6 heteroatoms. The molecule has 164 valence electrons. The fourth-order valence-electron chi connectivity index (χ4n) is 3.32. The zero-order valence-electron chi connectivity index (χ0n) is 19.1. The molecule has 6 nitrogen and oxygen atoms in total. The molecule has 0 aliphatic carbocycles. The van der Waals surface area contributed by atoms with Gasteiger partial charge in [0.15, 0.2) is 0 Å². The van der Waals surface area contributed by atoms with Gasteiger partial charge in [-0.1, -0.05) is 50.6 Å². The summed E-state index contributed by atoms with van der Waals surface area (Å²) in [5.41, 5.74) is 3.89. The molecular weight excluding hydrogens is 380 g/mol. The molecule has 1 atom stereocenters. The number of hydrogen-bond acceptors (Lipinski definition) is 5. The van der Waals surface area contributed by atoms with Gasteiger partial charge in [-0.3, -0.25) is 4.79 Å². The Morgan fingerprint density at radius 1 is 1.23 bits per heavy atom. The summed E-state index contributed by atoms with van der Waals surface area (Å²) in [5.74, 6) is 0.120. The van der Waals surface area contributed by atoms with Crippen LogP contribution in [0.5, 0.6) is 5.88 Å². The number of carbonyl (C=O) groups excluding carboxylic acids is 1. The fraction of sp³-hybridized carbons (Fsp3) is 0.500. The summed E-state index contributed by atoms with van der Waals surface area (Å²) in [6.45, 7) is 9.99. The normalized spacial score (nSPS) is 12.5. The largest absolute Gasteiger partial charge is 0.479 e. The summed E-state index contributed by atoms with van der Waals surface area (Å²) in [5, 5.41) is 14.4. The molecule has 1 amide bonds. The molecule has 1 heterocycles. The highest BCUT2D eigenvalue weighted by Crippen LogP contribution is 2.39. The maximum atomic E-state index is 12.8. The number of ether oxygens (including phenoxy) is 2. The minimum Gasteiger partial charge on any atom is -0.479 e. The molecule has 0 saturated carbocycles. The second-order valence-electron chi connectivity index (χ2n) is 8.59. The lowest BCUT2D eigenvalue weighted by atomic mass is 9.90. The summed E-state index contributed by atoms with van der Waals surface area (Å²) in [4.78, 5) is 17.4. The predicted molar refractivity (Wildman–Crippen MR) is 119 cm³/mol. The standard InChI is InChI=1S/C24H34N2O4/c1-15-10-8-11-17(14-15)21(27)19-18(12-9-13-29-6)16(2)25-22(30-7)20(19)26-23(28)24(3,4)5/h8,10-11,14,21,27H,9,12-13H2,1-7H3,(H,26,28). The van der Waals surface area contributed by atoms with E-state index in [0.717, 1.165) is 28.8 Å². The zero-order valence-corrected chi connectivity index (χ0v) is 19.1. The van der Waals surface area contributed by atoms with Crippen molar-refractivity contribution in [1.82, 2.24) is 4.98 Å². The lowest BCUT2D eigenvalue weighted by molar-refractivity contribution is -0.123. The first-order valence-electron chi connectivity index (χ1n) is 10.2. The quantitative estimate of drug-likeness (QED) is 0.628. The van der Waals surface area contributed by atoms with Crippen LogP contribution in [0.15, 0.2) is 24.3 Å². The van der Waals surface area contributed by atoms with E-state index in [1.54, 1.807) is 7.11 Å². The van der Waals surface area contributed by atoms with Gasteiger partial charge >= 0.3 is 0 Å². The topological polar surface area (TPSA) is 80.7 Å². The number of pyridine rings is 1. The van der Waals surface area contributed by atoms with Crippen molar-refractivity contribution in [3.05, 3.63) is 52.2 Å². The lowest BCUT2D eigenvalue weighted by Crippen LogP contribution is -2.29. The highest BCUT2D eigenvalue weighted by atomic mass is 16.5. The average molecular weight is 415 g/mol. The number of aliphatic hydroxyl groups is 1. The van der Waals surface area contributed by atoms with Crippen molar-refractivity contribution >= 4 is 11.6 Å². The van der Waals surface area contributed by atoms with Crippen LogP contribution in [0, 0.1) is 19.3 Å². The molecule has 0 aliphatic heterocycles. The highest BCUT2D eigenvalue weighted by Gasteiger charge is 2.29. The van der Waals surface area contributed by atoms with Gasteiger partial charge < -0.3 is 19.9 Å². The van der Waals surface area contributed by atoms with Crippen molar-refractivity contribution in [2.75, 3.05) is 26.1 Å². The Morgan fingerprint density at radius 2 is 1.93 bits per heavy atom. The summed E-state index contributed by atoms with van der Waals surface area (Å²) in [7, 11) is 3.18. The van der Waals surface area contributed by atoms with Crippen molar-refractivity contribution in [2.45, 2.75) is 53.6 Å². The second-order valence-corrected chi connectivity index (χ2v) is 8.59. The maximum absolute atomic E-state index is 12.8. The Morgan fingerprint density at radius 3 is 2.50 bits per heavy atom. The van der Waals surface area contributed by atoms with E-state index in [-0.39, 0.29) is 5.91 Å². The smallest absolute Gasteiger partial charge is 0.238 e. The number of carbonyl (C=O) groups is 1. The monoisotopic (exact) mass is 414 g/mol. The van der Waals surface area contributed by atoms with Gasteiger partial charge in [-0.25, -0.2) is 4.98 Å². The van der Waals surface area contributed by atoms with Crippen molar-refractivity contribution < 1.29 is 19.4 Å². The van der Waals surface area contributed by atoms with E-state index in [9.17, 15) is 9.90 Å². The maximum Gasteiger partial charge on any atom is 0.238 e. The number of aryl methyl sites for hydroxylation is 2. The van der Waals surface area contributed by atoms with E-state index in [2.05, 4.69) is 10.3 Å². The van der Waals surface area contributed by atoms with Crippen molar-refractivity contribution in [3.63, 3.8) is 0 Å². The van der Waals surface area contributed by atoms with Gasteiger partial charge in [0.2, 0.25) is 11.8 Å². The number of anilines is 1. The molecule has 0 saturated heterocycles. The van der Waals surface area contributed by atoms with E-state index < -0.39 is 11.5 Å². The molecule has 2 N–H and O–H groups in total. The van der Waals surface area contributed by atoms with Gasteiger partial charge in [-0.05, 0) is 37.8 Å². The van der Waals surface area contributed by atoms with Crippen molar-refractivity contribution in [2.24, 2.45) is 5.41 Å². The lowest BCUT2D eigenvalue weighted by Gasteiger charge is -2.26. The Hall–Kier alpha value is -2.44. The molecule has 0 bridgehead atoms. The van der Waals surface area contributed by atoms with Crippen LogP contribution in [-0.4, -0.2) is 36.8 Å². The van der Waals surface area contributed by atoms with Crippen LogP contribution in [0.25, 0.3) is 0 Å².